The zero-order chi connectivity index (χ0) is 27.1. The maximum atomic E-state index is 14.6. The minimum Gasteiger partial charge on any atom is -0.491 e. The molecule has 3 aromatic carbocycles. The lowest BCUT2D eigenvalue weighted by molar-refractivity contribution is -0.143. The number of esters is 1. The molecule has 0 spiro atoms. The van der Waals surface area contributed by atoms with Gasteiger partial charge in [-0.25, -0.2) is 4.39 Å². The smallest absolute Gasteiger partial charge is 0.306 e. The molecule has 1 N–H and O–H groups in total. The quantitative estimate of drug-likeness (QED) is 0.275. The molecule has 0 bridgehead atoms. The monoisotopic (exact) mass is 518 g/mol. The molecule has 1 unspecified atom stereocenters. The van der Waals surface area contributed by atoms with Gasteiger partial charge in [0.1, 0.15) is 11.6 Å². The third kappa shape index (κ3) is 7.06. The van der Waals surface area contributed by atoms with Gasteiger partial charge < -0.3 is 19.7 Å². The first-order chi connectivity index (χ1) is 18.3. The first-order valence-electron chi connectivity index (χ1n) is 13.6. The van der Waals surface area contributed by atoms with Crippen molar-refractivity contribution < 1.29 is 18.7 Å². The lowest BCUT2D eigenvalue weighted by Crippen LogP contribution is -2.36. The predicted octanol–water partition coefficient (Wildman–Crippen LogP) is 7.06. The van der Waals surface area contributed by atoms with E-state index in [4.69, 9.17) is 9.47 Å². The van der Waals surface area contributed by atoms with Crippen LogP contribution in [-0.2, 0) is 35.5 Å². The van der Waals surface area contributed by atoms with E-state index in [1.54, 1.807) is 13.0 Å². The molecule has 38 heavy (non-hydrogen) atoms. The molecule has 0 amide bonds. The number of nitrogens with zero attached hydrogens (tertiary/aromatic N) is 1. The molecule has 3 aromatic rings. The number of benzene rings is 3. The number of ether oxygens (including phenoxy) is 2. The number of carbonyl (C=O) groups is 1. The van der Waals surface area contributed by atoms with E-state index in [2.05, 4.69) is 59.6 Å². The van der Waals surface area contributed by atoms with Crippen molar-refractivity contribution in [2.24, 2.45) is 0 Å². The molecule has 0 aliphatic carbocycles. The largest absolute Gasteiger partial charge is 0.491 e. The second-order valence-electron chi connectivity index (χ2n) is 10.2. The summed E-state index contributed by atoms with van der Waals surface area (Å²) in [5.41, 5.74) is 6.12. The molecule has 1 atom stereocenters. The van der Waals surface area contributed by atoms with Crippen molar-refractivity contribution in [3.8, 4) is 5.75 Å². The van der Waals surface area contributed by atoms with Crippen LogP contribution in [0.4, 0.5) is 15.8 Å². The summed E-state index contributed by atoms with van der Waals surface area (Å²) in [6, 6.07) is 20.5. The fraction of sp³-hybridized carbons (Fsp3) is 0.406. The van der Waals surface area contributed by atoms with Gasteiger partial charge in [0.05, 0.1) is 12.7 Å². The van der Waals surface area contributed by atoms with E-state index in [1.165, 1.54) is 17.3 Å². The molecule has 0 fully saturated rings. The van der Waals surface area contributed by atoms with Crippen LogP contribution in [0.15, 0.2) is 60.7 Å². The first kappa shape index (κ1) is 27.5. The summed E-state index contributed by atoms with van der Waals surface area (Å²) >= 11 is 0. The van der Waals surface area contributed by atoms with E-state index in [1.807, 2.05) is 19.9 Å². The lowest BCUT2D eigenvalue weighted by atomic mass is 9.96. The Labute approximate surface area is 226 Å². The average molecular weight is 519 g/mol. The van der Waals surface area contributed by atoms with Gasteiger partial charge in [-0.3, -0.25) is 4.79 Å². The Bertz CT molecular complexity index is 1240. The number of carbonyl (C=O) groups excluding carboxylic acids is 1. The normalized spacial score (nSPS) is 14.8. The fourth-order valence-electron chi connectivity index (χ4n) is 4.92. The molecule has 0 aromatic heterocycles. The van der Waals surface area contributed by atoms with Crippen molar-refractivity contribution in [2.75, 3.05) is 16.8 Å². The number of hydrogen-bond acceptors (Lipinski definition) is 5. The Morgan fingerprint density at radius 1 is 1.11 bits per heavy atom. The zero-order valence-corrected chi connectivity index (χ0v) is 22.9. The number of hydrogen-bond donors (Lipinski definition) is 1. The Morgan fingerprint density at radius 3 is 2.66 bits per heavy atom. The molecule has 0 radical (unpaired) electrons. The van der Waals surface area contributed by atoms with Crippen molar-refractivity contribution in [1.29, 1.82) is 0 Å². The van der Waals surface area contributed by atoms with Crippen molar-refractivity contribution in [1.82, 2.24) is 0 Å². The molecule has 1 aliphatic heterocycles. The van der Waals surface area contributed by atoms with Crippen LogP contribution in [0.3, 0.4) is 0 Å². The molecule has 1 heterocycles. The van der Waals surface area contributed by atoms with Crippen LogP contribution >= 0.6 is 0 Å². The van der Waals surface area contributed by atoms with Crippen LogP contribution < -0.4 is 15.0 Å². The minimum atomic E-state index is -0.325. The van der Waals surface area contributed by atoms with Crippen molar-refractivity contribution in [3.63, 3.8) is 0 Å². The highest BCUT2D eigenvalue weighted by Gasteiger charge is 2.24. The molecule has 202 valence electrons. The molecule has 4 rings (SSSR count). The maximum Gasteiger partial charge on any atom is 0.306 e. The van der Waals surface area contributed by atoms with E-state index in [0.29, 0.717) is 36.9 Å². The molecule has 6 heteroatoms. The number of anilines is 2. The van der Waals surface area contributed by atoms with Crippen molar-refractivity contribution in [3.05, 3.63) is 88.7 Å². The lowest BCUT2D eigenvalue weighted by Gasteiger charge is -2.37. The van der Waals surface area contributed by atoms with E-state index in [0.717, 1.165) is 36.3 Å². The summed E-state index contributed by atoms with van der Waals surface area (Å²) in [4.78, 5) is 14.1. The van der Waals surface area contributed by atoms with Crippen LogP contribution in [0.1, 0.15) is 62.8 Å². The Balaban J connectivity index is 1.45. The van der Waals surface area contributed by atoms with Crippen LogP contribution in [0.5, 0.6) is 5.75 Å². The highest BCUT2D eigenvalue weighted by Crippen LogP contribution is 2.34. The predicted molar refractivity (Wildman–Crippen MR) is 151 cm³/mol. The van der Waals surface area contributed by atoms with Crippen molar-refractivity contribution >= 4 is 17.3 Å². The number of fused-ring (bicyclic) bond motifs is 1. The van der Waals surface area contributed by atoms with Gasteiger partial charge in [0, 0.05) is 42.5 Å². The topological polar surface area (TPSA) is 50.8 Å². The second kappa shape index (κ2) is 12.8. The summed E-state index contributed by atoms with van der Waals surface area (Å²) in [7, 11) is 0. The molecule has 5 nitrogen and oxygen atoms in total. The summed E-state index contributed by atoms with van der Waals surface area (Å²) < 4.78 is 25.8. The van der Waals surface area contributed by atoms with Crippen LogP contribution in [0, 0.1) is 5.82 Å². The van der Waals surface area contributed by atoms with Gasteiger partial charge in [0.2, 0.25) is 0 Å². The first-order valence-corrected chi connectivity index (χ1v) is 13.6. The second-order valence-corrected chi connectivity index (χ2v) is 10.2. The average Bonchev–Trinajstić information content (AvgIpc) is 2.89. The SMILES string of the molecule is CCOC(=O)CCc1ccc(NCc2ccc(CN3c4ccccc4CCC3C)c(OC(C)C)c2)cc1F. The molecule has 0 saturated heterocycles. The highest BCUT2D eigenvalue weighted by atomic mass is 19.1. The van der Waals surface area contributed by atoms with Crippen LogP contribution in [0.2, 0.25) is 0 Å². The standard InChI is InChI=1S/C32H39FN2O3/c1-5-37-32(36)17-15-25-14-16-28(19-29(25)33)34-20-24-11-13-27(31(18-24)38-22(2)3)21-35-23(4)10-12-26-8-6-7-9-30(26)35/h6-9,11,13-14,16,18-19,22-23,34H,5,10,12,15,17,20-21H2,1-4H3. The maximum absolute atomic E-state index is 14.6. The zero-order valence-electron chi connectivity index (χ0n) is 22.9. The van der Waals surface area contributed by atoms with Gasteiger partial charge in [-0.05, 0) is 87.9 Å². The Morgan fingerprint density at radius 2 is 1.89 bits per heavy atom. The molecular weight excluding hydrogens is 479 g/mol. The van der Waals surface area contributed by atoms with Gasteiger partial charge in [0.25, 0.3) is 0 Å². The third-order valence-corrected chi connectivity index (χ3v) is 6.95. The Kier molecular flexibility index (Phi) is 9.27. The van der Waals surface area contributed by atoms with E-state index < -0.39 is 0 Å². The minimum absolute atomic E-state index is 0.0549. The number of aryl methyl sites for hydroxylation is 2. The summed E-state index contributed by atoms with van der Waals surface area (Å²) in [5, 5.41) is 3.32. The van der Waals surface area contributed by atoms with Gasteiger partial charge in [-0.1, -0.05) is 36.4 Å². The van der Waals surface area contributed by atoms with Gasteiger partial charge in [0.15, 0.2) is 0 Å². The summed E-state index contributed by atoms with van der Waals surface area (Å²) in [5.74, 6) is 0.250. The van der Waals surface area contributed by atoms with Gasteiger partial charge >= 0.3 is 5.97 Å². The van der Waals surface area contributed by atoms with Gasteiger partial charge in [-0.15, -0.1) is 0 Å². The third-order valence-electron chi connectivity index (χ3n) is 6.95. The summed E-state index contributed by atoms with van der Waals surface area (Å²) in [6.07, 6.45) is 2.80. The van der Waals surface area contributed by atoms with Crippen LogP contribution in [0.25, 0.3) is 0 Å². The molecule has 1 aliphatic rings. The van der Waals surface area contributed by atoms with E-state index in [-0.39, 0.29) is 24.3 Å². The highest BCUT2D eigenvalue weighted by molar-refractivity contribution is 5.69. The Hall–Kier alpha value is -3.54. The van der Waals surface area contributed by atoms with Crippen molar-refractivity contribution in [2.45, 2.75) is 78.6 Å². The summed E-state index contributed by atoms with van der Waals surface area (Å²) in [6.45, 7) is 9.79. The number of rotatable bonds is 11. The van der Waals surface area contributed by atoms with Gasteiger partial charge in [-0.2, -0.15) is 0 Å². The van der Waals surface area contributed by atoms with Crippen LogP contribution in [-0.4, -0.2) is 24.7 Å². The number of nitrogens with one attached hydrogen (secondary N) is 1. The van der Waals surface area contributed by atoms with E-state index >= 15 is 0 Å². The molecular formula is C32H39FN2O3. The number of halogens is 1. The number of para-hydroxylation sites is 1. The molecule has 0 saturated carbocycles. The van der Waals surface area contributed by atoms with E-state index in [9.17, 15) is 9.18 Å². The fourth-order valence-corrected chi connectivity index (χ4v) is 4.92.